The van der Waals surface area contributed by atoms with E-state index in [4.69, 9.17) is 5.11 Å². The number of hydrogen-bond acceptors (Lipinski definition) is 3. The van der Waals surface area contributed by atoms with Crippen LogP contribution in [0.3, 0.4) is 0 Å². The highest BCUT2D eigenvalue weighted by atomic mass is 16.3. The molecule has 2 atom stereocenters. The van der Waals surface area contributed by atoms with Crippen LogP contribution >= 0.6 is 0 Å². The van der Waals surface area contributed by atoms with Crippen LogP contribution in [-0.2, 0) is 0 Å². The predicted molar refractivity (Wildman–Crippen MR) is 77.8 cm³/mol. The fraction of sp³-hybridized carbons (Fsp3) is 1.00. The molecule has 2 unspecified atom stereocenters. The van der Waals surface area contributed by atoms with Crippen molar-refractivity contribution in [2.75, 3.05) is 32.8 Å². The molecule has 3 nitrogen and oxygen atoms in total. The molecule has 1 aliphatic heterocycles. The number of nitrogens with one attached hydrogen (secondary N) is 1. The third-order valence-corrected chi connectivity index (χ3v) is 4.30. The Morgan fingerprint density at radius 2 is 2.17 bits per heavy atom. The summed E-state index contributed by atoms with van der Waals surface area (Å²) in [7, 11) is 0. The van der Waals surface area contributed by atoms with Crippen molar-refractivity contribution in [3.8, 4) is 0 Å². The summed E-state index contributed by atoms with van der Waals surface area (Å²) in [6.07, 6.45) is 3.45. The van der Waals surface area contributed by atoms with Crippen molar-refractivity contribution in [3.63, 3.8) is 0 Å². The van der Waals surface area contributed by atoms with Gasteiger partial charge in [0, 0.05) is 32.3 Å². The zero-order valence-corrected chi connectivity index (χ0v) is 12.7. The molecule has 0 amide bonds. The minimum Gasteiger partial charge on any atom is -0.396 e. The highest BCUT2D eigenvalue weighted by molar-refractivity contribution is 4.84. The van der Waals surface area contributed by atoms with Crippen molar-refractivity contribution in [2.24, 2.45) is 11.3 Å². The molecule has 3 heteroatoms. The van der Waals surface area contributed by atoms with Gasteiger partial charge in [0.05, 0.1) is 0 Å². The fourth-order valence-electron chi connectivity index (χ4n) is 2.76. The molecule has 1 fully saturated rings. The molecule has 0 radical (unpaired) electrons. The summed E-state index contributed by atoms with van der Waals surface area (Å²) in [5.41, 5.74) is 0.373. The van der Waals surface area contributed by atoms with E-state index in [1.807, 2.05) is 0 Å². The Balaban J connectivity index is 2.38. The SMILES string of the molecule is CCC(C)(CNC(C)C)CN1CCC(CCO)C1. The smallest absolute Gasteiger partial charge is 0.0434 e. The summed E-state index contributed by atoms with van der Waals surface area (Å²) in [6.45, 7) is 14.1. The summed E-state index contributed by atoms with van der Waals surface area (Å²) < 4.78 is 0. The Kier molecular flexibility index (Phi) is 6.61. The van der Waals surface area contributed by atoms with Crippen LogP contribution in [0.25, 0.3) is 0 Å². The van der Waals surface area contributed by atoms with E-state index in [1.54, 1.807) is 0 Å². The van der Waals surface area contributed by atoms with Gasteiger partial charge in [-0.1, -0.05) is 27.7 Å². The fourth-order valence-corrected chi connectivity index (χ4v) is 2.76. The molecule has 0 aromatic heterocycles. The van der Waals surface area contributed by atoms with E-state index in [0.717, 1.165) is 13.0 Å². The maximum Gasteiger partial charge on any atom is 0.0434 e. The first-order valence-corrected chi connectivity index (χ1v) is 7.55. The summed E-state index contributed by atoms with van der Waals surface area (Å²) >= 11 is 0. The van der Waals surface area contributed by atoms with Crippen LogP contribution in [0, 0.1) is 11.3 Å². The van der Waals surface area contributed by atoms with E-state index in [-0.39, 0.29) is 0 Å². The van der Waals surface area contributed by atoms with Gasteiger partial charge in [0.25, 0.3) is 0 Å². The Bertz CT molecular complexity index is 233. The summed E-state index contributed by atoms with van der Waals surface area (Å²) in [6, 6.07) is 0.566. The Morgan fingerprint density at radius 3 is 2.72 bits per heavy atom. The van der Waals surface area contributed by atoms with Crippen LogP contribution in [0.1, 0.15) is 47.0 Å². The summed E-state index contributed by atoms with van der Waals surface area (Å²) in [4.78, 5) is 2.59. The third kappa shape index (κ3) is 5.25. The zero-order valence-electron chi connectivity index (χ0n) is 12.7. The number of aliphatic hydroxyl groups excluding tert-OH is 1. The van der Waals surface area contributed by atoms with Crippen molar-refractivity contribution < 1.29 is 5.11 Å². The molecule has 18 heavy (non-hydrogen) atoms. The van der Waals surface area contributed by atoms with E-state index >= 15 is 0 Å². The van der Waals surface area contributed by atoms with Gasteiger partial charge in [-0.25, -0.2) is 0 Å². The minimum atomic E-state index is 0.346. The maximum atomic E-state index is 9.01. The number of hydrogen-bond donors (Lipinski definition) is 2. The molecule has 108 valence electrons. The zero-order chi connectivity index (χ0) is 13.6. The molecular formula is C15H32N2O. The number of aliphatic hydroxyl groups is 1. The largest absolute Gasteiger partial charge is 0.396 e. The summed E-state index contributed by atoms with van der Waals surface area (Å²) in [5.74, 6) is 0.717. The van der Waals surface area contributed by atoms with Gasteiger partial charge >= 0.3 is 0 Å². The molecule has 0 saturated carbocycles. The Hall–Kier alpha value is -0.120. The lowest BCUT2D eigenvalue weighted by Crippen LogP contribution is -2.43. The minimum absolute atomic E-state index is 0.346. The van der Waals surface area contributed by atoms with Crippen LogP contribution in [-0.4, -0.2) is 48.8 Å². The van der Waals surface area contributed by atoms with Crippen molar-refractivity contribution in [3.05, 3.63) is 0 Å². The lowest BCUT2D eigenvalue weighted by Gasteiger charge is -2.34. The lowest BCUT2D eigenvalue weighted by molar-refractivity contribution is 0.169. The molecular weight excluding hydrogens is 224 g/mol. The topological polar surface area (TPSA) is 35.5 Å². The Labute approximate surface area is 113 Å². The van der Waals surface area contributed by atoms with Crippen molar-refractivity contribution in [1.82, 2.24) is 10.2 Å². The van der Waals surface area contributed by atoms with E-state index in [2.05, 4.69) is 37.9 Å². The third-order valence-electron chi connectivity index (χ3n) is 4.30. The van der Waals surface area contributed by atoms with Crippen molar-refractivity contribution >= 4 is 0 Å². The quantitative estimate of drug-likeness (QED) is 0.698. The molecule has 2 N–H and O–H groups in total. The monoisotopic (exact) mass is 256 g/mol. The molecule has 1 rings (SSSR count). The second-order valence-electron chi connectivity index (χ2n) is 6.60. The average molecular weight is 256 g/mol. The normalized spacial score (nSPS) is 24.7. The van der Waals surface area contributed by atoms with Gasteiger partial charge in [0.1, 0.15) is 0 Å². The molecule has 1 saturated heterocycles. The molecule has 0 aromatic carbocycles. The van der Waals surface area contributed by atoms with Crippen molar-refractivity contribution in [1.29, 1.82) is 0 Å². The van der Waals surface area contributed by atoms with Gasteiger partial charge in [-0.2, -0.15) is 0 Å². The lowest BCUT2D eigenvalue weighted by atomic mass is 9.86. The summed E-state index contributed by atoms with van der Waals surface area (Å²) in [5, 5.41) is 12.6. The van der Waals surface area contributed by atoms with Crippen LogP contribution in [0.5, 0.6) is 0 Å². The van der Waals surface area contributed by atoms with Gasteiger partial charge in [-0.15, -0.1) is 0 Å². The van der Waals surface area contributed by atoms with Gasteiger partial charge in [-0.3, -0.25) is 0 Å². The van der Waals surface area contributed by atoms with Crippen LogP contribution in [0.4, 0.5) is 0 Å². The molecule has 1 aliphatic rings. The number of nitrogens with zero attached hydrogens (tertiary/aromatic N) is 1. The molecule has 0 aromatic rings. The van der Waals surface area contributed by atoms with E-state index < -0.39 is 0 Å². The molecule has 1 heterocycles. The predicted octanol–water partition coefficient (Wildman–Crippen LogP) is 2.11. The first kappa shape index (κ1) is 15.9. The van der Waals surface area contributed by atoms with Crippen LogP contribution in [0.2, 0.25) is 0 Å². The van der Waals surface area contributed by atoms with Crippen LogP contribution < -0.4 is 5.32 Å². The molecule has 0 spiro atoms. The van der Waals surface area contributed by atoms with Gasteiger partial charge < -0.3 is 15.3 Å². The highest BCUT2D eigenvalue weighted by Gasteiger charge is 2.29. The second kappa shape index (κ2) is 7.46. The second-order valence-corrected chi connectivity index (χ2v) is 6.60. The molecule has 0 aliphatic carbocycles. The van der Waals surface area contributed by atoms with Crippen molar-refractivity contribution in [2.45, 2.75) is 53.0 Å². The van der Waals surface area contributed by atoms with Crippen LogP contribution in [0.15, 0.2) is 0 Å². The number of rotatable bonds is 8. The highest BCUT2D eigenvalue weighted by Crippen LogP contribution is 2.27. The van der Waals surface area contributed by atoms with Gasteiger partial charge in [0.2, 0.25) is 0 Å². The van der Waals surface area contributed by atoms with Gasteiger partial charge in [-0.05, 0) is 37.1 Å². The molecule has 0 bridgehead atoms. The Morgan fingerprint density at radius 1 is 1.44 bits per heavy atom. The van der Waals surface area contributed by atoms with E-state index in [9.17, 15) is 0 Å². The number of likely N-dealkylation sites (tertiary alicyclic amines) is 1. The standard InChI is InChI=1S/C15H32N2O/c1-5-15(4,11-16-13(2)3)12-17-8-6-14(10-17)7-9-18/h13-14,16,18H,5-12H2,1-4H3. The van der Waals surface area contributed by atoms with E-state index in [0.29, 0.717) is 24.0 Å². The first-order chi connectivity index (χ1) is 8.49. The first-order valence-electron chi connectivity index (χ1n) is 7.55. The van der Waals surface area contributed by atoms with E-state index in [1.165, 1.54) is 32.5 Å². The maximum absolute atomic E-state index is 9.01. The average Bonchev–Trinajstić information content (AvgIpc) is 2.74. The van der Waals surface area contributed by atoms with Gasteiger partial charge in [0.15, 0.2) is 0 Å².